The molecule has 0 unspecified atom stereocenters. The summed E-state index contributed by atoms with van der Waals surface area (Å²) in [5.41, 5.74) is 2.85. The van der Waals surface area contributed by atoms with Gasteiger partial charge in [0.25, 0.3) is 0 Å². The maximum atomic E-state index is 3.15. The Labute approximate surface area is 106 Å². The molecule has 82 valence electrons. The summed E-state index contributed by atoms with van der Waals surface area (Å²) in [6.45, 7) is 3.26. The van der Waals surface area contributed by atoms with E-state index in [1.807, 2.05) is 7.05 Å². The predicted molar refractivity (Wildman–Crippen MR) is 75.2 cm³/mol. The van der Waals surface area contributed by atoms with Gasteiger partial charge in [-0.2, -0.15) is 0 Å². The summed E-state index contributed by atoms with van der Waals surface area (Å²) in [5.74, 6) is 0. The molecule has 0 saturated carbocycles. The average molecular weight is 315 g/mol. The first-order valence-corrected chi connectivity index (χ1v) is 6.35. The highest BCUT2D eigenvalue weighted by Crippen LogP contribution is 2.11. The average Bonchev–Trinajstić information content (AvgIpc) is 2.22. The maximum Gasteiger partial charge on any atom is 0.0130 e. The quantitative estimate of drug-likeness (QED) is 0.499. The Balaban J connectivity index is 2.47. The second kappa shape index (κ2) is 7.01. The number of hydrogen-bond donors (Lipinski definition) is 1. The Morgan fingerprint density at radius 1 is 1.33 bits per heavy atom. The molecule has 0 aliphatic rings. The van der Waals surface area contributed by atoms with E-state index in [2.05, 4.69) is 65.2 Å². The third kappa shape index (κ3) is 5.33. The Morgan fingerprint density at radius 2 is 2.00 bits per heavy atom. The second-order valence-corrected chi connectivity index (χ2v) is 4.99. The molecule has 0 amide bonds. The fourth-order valence-electron chi connectivity index (χ4n) is 1.46. The van der Waals surface area contributed by atoms with Crippen LogP contribution in [0.25, 0.3) is 0 Å². The van der Waals surface area contributed by atoms with E-state index in [-0.39, 0.29) is 0 Å². The van der Waals surface area contributed by atoms with Crippen LogP contribution in [0, 0.1) is 3.57 Å². The van der Waals surface area contributed by atoms with Crippen LogP contribution in [0.15, 0.2) is 35.9 Å². The molecule has 0 saturated heterocycles. The summed E-state index contributed by atoms with van der Waals surface area (Å²) >= 11 is 2.33. The van der Waals surface area contributed by atoms with Crippen LogP contribution >= 0.6 is 22.6 Å². The number of allylic oxidation sites excluding steroid dienone is 1. The number of rotatable bonds is 5. The monoisotopic (exact) mass is 315 g/mol. The summed E-state index contributed by atoms with van der Waals surface area (Å²) in [6, 6.07) is 8.74. The summed E-state index contributed by atoms with van der Waals surface area (Å²) in [6.07, 6.45) is 4.50. The van der Waals surface area contributed by atoms with Gasteiger partial charge >= 0.3 is 0 Å². The van der Waals surface area contributed by atoms with Crippen molar-refractivity contribution < 1.29 is 0 Å². The lowest BCUT2D eigenvalue weighted by molar-refractivity contribution is 0.803. The Hall–Kier alpha value is -0.350. The number of hydrogen-bond acceptors (Lipinski definition) is 1. The Morgan fingerprint density at radius 3 is 2.60 bits per heavy atom. The minimum Gasteiger partial charge on any atom is -0.319 e. The largest absolute Gasteiger partial charge is 0.319 e. The van der Waals surface area contributed by atoms with Gasteiger partial charge in [0, 0.05) is 3.57 Å². The van der Waals surface area contributed by atoms with Crippen LogP contribution in [0.5, 0.6) is 0 Å². The highest BCUT2D eigenvalue weighted by molar-refractivity contribution is 14.1. The van der Waals surface area contributed by atoms with Gasteiger partial charge < -0.3 is 5.32 Å². The highest BCUT2D eigenvalue weighted by Gasteiger charge is 1.94. The third-order valence-electron chi connectivity index (χ3n) is 2.28. The Kier molecular flexibility index (Phi) is 5.95. The third-order valence-corrected chi connectivity index (χ3v) is 3.00. The van der Waals surface area contributed by atoms with Crippen LogP contribution in [-0.4, -0.2) is 13.6 Å². The van der Waals surface area contributed by atoms with Gasteiger partial charge in [-0.05, 0) is 73.6 Å². The molecule has 0 aliphatic carbocycles. The van der Waals surface area contributed by atoms with Crippen molar-refractivity contribution in [3.8, 4) is 0 Å². The molecule has 0 bridgehead atoms. The lowest BCUT2D eigenvalue weighted by atomic mass is 10.1. The zero-order chi connectivity index (χ0) is 11.1. The van der Waals surface area contributed by atoms with E-state index in [4.69, 9.17) is 0 Å². The van der Waals surface area contributed by atoms with E-state index in [0.717, 1.165) is 19.4 Å². The standard InChI is InChI=1S/C13H18IN/c1-11(4-3-9-15-2)10-12-5-7-13(14)8-6-12/h4-8,15H,3,9-10H2,1-2H3. The molecule has 0 atom stereocenters. The van der Waals surface area contributed by atoms with Crippen molar-refractivity contribution in [3.63, 3.8) is 0 Å². The van der Waals surface area contributed by atoms with Gasteiger partial charge in [-0.3, -0.25) is 0 Å². The molecule has 2 heteroatoms. The molecule has 1 nitrogen and oxygen atoms in total. The van der Waals surface area contributed by atoms with Crippen molar-refractivity contribution in [2.75, 3.05) is 13.6 Å². The predicted octanol–water partition coefficient (Wildman–Crippen LogP) is 3.39. The number of nitrogens with one attached hydrogen (secondary N) is 1. The zero-order valence-corrected chi connectivity index (χ0v) is 11.5. The topological polar surface area (TPSA) is 12.0 Å². The van der Waals surface area contributed by atoms with Crippen LogP contribution in [0.1, 0.15) is 18.9 Å². The van der Waals surface area contributed by atoms with Gasteiger partial charge in [0.2, 0.25) is 0 Å². The first kappa shape index (κ1) is 12.7. The SMILES string of the molecule is CNCCC=C(C)Cc1ccc(I)cc1. The van der Waals surface area contributed by atoms with E-state index in [1.165, 1.54) is 14.7 Å². The number of benzene rings is 1. The molecular weight excluding hydrogens is 297 g/mol. The fraction of sp³-hybridized carbons (Fsp3) is 0.385. The van der Waals surface area contributed by atoms with Crippen molar-refractivity contribution in [2.24, 2.45) is 0 Å². The normalized spacial score (nSPS) is 11.8. The van der Waals surface area contributed by atoms with Crippen LogP contribution in [0.2, 0.25) is 0 Å². The summed E-state index contributed by atoms with van der Waals surface area (Å²) < 4.78 is 1.30. The van der Waals surface area contributed by atoms with Crippen LogP contribution in [0.3, 0.4) is 0 Å². The van der Waals surface area contributed by atoms with E-state index < -0.39 is 0 Å². The molecule has 1 rings (SSSR count). The zero-order valence-electron chi connectivity index (χ0n) is 9.39. The van der Waals surface area contributed by atoms with Crippen molar-refractivity contribution in [1.82, 2.24) is 5.32 Å². The van der Waals surface area contributed by atoms with Gasteiger partial charge in [-0.15, -0.1) is 0 Å². The minimum atomic E-state index is 1.06. The van der Waals surface area contributed by atoms with Gasteiger partial charge in [0.15, 0.2) is 0 Å². The summed E-state index contributed by atoms with van der Waals surface area (Å²) in [5, 5.41) is 3.15. The summed E-state index contributed by atoms with van der Waals surface area (Å²) in [4.78, 5) is 0. The lowest BCUT2D eigenvalue weighted by Gasteiger charge is -2.02. The van der Waals surface area contributed by atoms with Gasteiger partial charge in [-0.25, -0.2) is 0 Å². The molecule has 0 spiro atoms. The van der Waals surface area contributed by atoms with E-state index in [1.54, 1.807) is 0 Å². The molecule has 0 aliphatic heterocycles. The smallest absolute Gasteiger partial charge is 0.0130 e. The molecule has 1 aromatic rings. The fourth-order valence-corrected chi connectivity index (χ4v) is 1.82. The highest BCUT2D eigenvalue weighted by atomic mass is 127. The second-order valence-electron chi connectivity index (χ2n) is 3.75. The van der Waals surface area contributed by atoms with E-state index in [9.17, 15) is 0 Å². The molecule has 0 radical (unpaired) electrons. The number of halogens is 1. The van der Waals surface area contributed by atoms with Crippen molar-refractivity contribution >= 4 is 22.6 Å². The van der Waals surface area contributed by atoms with Crippen molar-refractivity contribution in [3.05, 3.63) is 45.0 Å². The first-order chi connectivity index (χ1) is 7.22. The molecule has 0 fully saturated rings. The van der Waals surface area contributed by atoms with Gasteiger partial charge in [-0.1, -0.05) is 23.8 Å². The van der Waals surface area contributed by atoms with Crippen LogP contribution in [-0.2, 0) is 6.42 Å². The van der Waals surface area contributed by atoms with Crippen LogP contribution < -0.4 is 5.32 Å². The molecule has 0 heterocycles. The molecule has 1 N–H and O–H groups in total. The molecule has 1 aromatic carbocycles. The molecule has 0 aromatic heterocycles. The van der Waals surface area contributed by atoms with Crippen LogP contribution in [0.4, 0.5) is 0 Å². The van der Waals surface area contributed by atoms with E-state index in [0.29, 0.717) is 0 Å². The molecule has 15 heavy (non-hydrogen) atoms. The lowest BCUT2D eigenvalue weighted by Crippen LogP contribution is -2.06. The Bertz CT molecular complexity index is 314. The van der Waals surface area contributed by atoms with Gasteiger partial charge in [0.05, 0.1) is 0 Å². The minimum absolute atomic E-state index is 1.06. The molecular formula is C13H18IN. The maximum absolute atomic E-state index is 3.15. The van der Waals surface area contributed by atoms with Gasteiger partial charge in [0.1, 0.15) is 0 Å². The van der Waals surface area contributed by atoms with E-state index >= 15 is 0 Å². The van der Waals surface area contributed by atoms with Crippen molar-refractivity contribution in [2.45, 2.75) is 19.8 Å². The summed E-state index contributed by atoms with van der Waals surface area (Å²) in [7, 11) is 1.99. The van der Waals surface area contributed by atoms with Crippen molar-refractivity contribution in [1.29, 1.82) is 0 Å². The first-order valence-electron chi connectivity index (χ1n) is 5.27.